The van der Waals surface area contributed by atoms with Crippen molar-refractivity contribution in [1.82, 2.24) is 14.8 Å². The van der Waals surface area contributed by atoms with Crippen LogP contribution in [0.5, 0.6) is 0 Å². The van der Waals surface area contributed by atoms with Gasteiger partial charge >= 0.3 is 0 Å². The zero-order chi connectivity index (χ0) is 22.2. The van der Waals surface area contributed by atoms with Gasteiger partial charge in [-0.15, -0.1) is 16.8 Å². The van der Waals surface area contributed by atoms with Crippen LogP contribution >= 0.6 is 11.8 Å². The Labute approximate surface area is 186 Å². The third-order valence-electron chi connectivity index (χ3n) is 4.74. The van der Waals surface area contributed by atoms with Crippen LogP contribution in [0.2, 0.25) is 0 Å². The summed E-state index contributed by atoms with van der Waals surface area (Å²) in [6.07, 6.45) is 1.78. The van der Waals surface area contributed by atoms with Crippen molar-refractivity contribution in [2.75, 3.05) is 29.1 Å². The quantitative estimate of drug-likeness (QED) is 0.362. The molecule has 0 aliphatic carbocycles. The smallest absolute Gasteiger partial charge is 0.234 e. The first-order valence-electron chi connectivity index (χ1n) is 10.1. The van der Waals surface area contributed by atoms with Crippen molar-refractivity contribution >= 4 is 29.0 Å². The van der Waals surface area contributed by atoms with Gasteiger partial charge in [0.2, 0.25) is 5.91 Å². The lowest BCUT2D eigenvalue weighted by molar-refractivity contribution is -0.113. The molecule has 0 saturated heterocycles. The second-order valence-corrected chi connectivity index (χ2v) is 7.71. The normalized spacial score (nSPS) is 10.7. The average Bonchev–Trinajstić information content (AvgIpc) is 3.18. The Morgan fingerprint density at radius 3 is 2.42 bits per heavy atom. The second kappa shape index (κ2) is 10.8. The number of nitrogens with one attached hydrogen (secondary N) is 1. The lowest BCUT2D eigenvalue weighted by atomic mass is 10.2. The van der Waals surface area contributed by atoms with Gasteiger partial charge in [0.15, 0.2) is 11.0 Å². The highest BCUT2D eigenvalue weighted by Gasteiger charge is 2.15. The largest absolute Gasteiger partial charge is 0.372 e. The van der Waals surface area contributed by atoms with Crippen LogP contribution in [0.15, 0.2) is 66.3 Å². The van der Waals surface area contributed by atoms with E-state index in [2.05, 4.69) is 53.0 Å². The maximum Gasteiger partial charge on any atom is 0.234 e. The van der Waals surface area contributed by atoms with E-state index in [1.807, 2.05) is 16.7 Å². The van der Waals surface area contributed by atoms with Crippen molar-refractivity contribution in [2.24, 2.45) is 0 Å². The molecule has 1 N–H and O–H groups in total. The molecule has 1 amide bonds. The number of hydrogen-bond acceptors (Lipinski definition) is 5. The summed E-state index contributed by atoms with van der Waals surface area (Å²) >= 11 is 1.30. The molecule has 1 aromatic heterocycles. The van der Waals surface area contributed by atoms with Crippen LogP contribution in [0.1, 0.15) is 13.8 Å². The third-order valence-corrected chi connectivity index (χ3v) is 5.71. The molecule has 0 unspecified atom stereocenters. The maximum atomic E-state index is 13.0. The molecule has 3 rings (SSSR count). The summed E-state index contributed by atoms with van der Waals surface area (Å²) < 4.78 is 14.9. The fourth-order valence-corrected chi connectivity index (χ4v) is 3.92. The standard InChI is InChI=1S/C23H26FN5OS/c1-4-15-29-22(17-7-13-20(14-8-17)28(5-2)6-3)26-27-23(29)31-16-21(30)25-19-11-9-18(24)10-12-19/h4,7-14H,1,5-6,15-16H2,2-3H3,(H,25,30). The van der Waals surface area contributed by atoms with Gasteiger partial charge in [-0.25, -0.2) is 4.39 Å². The van der Waals surface area contributed by atoms with E-state index in [0.29, 0.717) is 17.4 Å². The minimum atomic E-state index is -0.345. The van der Waals surface area contributed by atoms with Crippen molar-refractivity contribution in [2.45, 2.75) is 25.5 Å². The third kappa shape index (κ3) is 5.73. The topological polar surface area (TPSA) is 63.1 Å². The SMILES string of the molecule is C=CCn1c(SCC(=O)Nc2ccc(F)cc2)nnc1-c1ccc(N(CC)CC)cc1. The monoisotopic (exact) mass is 439 g/mol. The van der Waals surface area contributed by atoms with E-state index in [1.165, 1.54) is 36.0 Å². The molecule has 0 bridgehead atoms. The lowest BCUT2D eigenvalue weighted by Gasteiger charge is -2.21. The second-order valence-electron chi connectivity index (χ2n) is 6.77. The summed E-state index contributed by atoms with van der Waals surface area (Å²) in [4.78, 5) is 14.5. The molecule has 2 aromatic carbocycles. The van der Waals surface area contributed by atoms with E-state index in [4.69, 9.17) is 0 Å². The number of halogens is 1. The number of anilines is 2. The summed E-state index contributed by atoms with van der Waals surface area (Å²) in [5.74, 6) is 0.345. The molecule has 0 radical (unpaired) electrons. The highest BCUT2D eigenvalue weighted by molar-refractivity contribution is 7.99. The summed E-state index contributed by atoms with van der Waals surface area (Å²) in [6, 6.07) is 13.9. The Balaban J connectivity index is 1.72. The molecule has 0 aliphatic heterocycles. The van der Waals surface area contributed by atoms with Gasteiger partial charge in [-0.2, -0.15) is 0 Å². The Kier molecular flexibility index (Phi) is 7.83. The minimum Gasteiger partial charge on any atom is -0.372 e. The highest BCUT2D eigenvalue weighted by atomic mass is 32.2. The van der Waals surface area contributed by atoms with Crippen LogP contribution in [0.4, 0.5) is 15.8 Å². The number of nitrogens with zero attached hydrogens (tertiary/aromatic N) is 4. The van der Waals surface area contributed by atoms with E-state index in [1.54, 1.807) is 6.08 Å². The van der Waals surface area contributed by atoms with E-state index in [9.17, 15) is 9.18 Å². The van der Waals surface area contributed by atoms with Gasteiger partial charge in [0, 0.05) is 36.6 Å². The summed E-state index contributed by atoms with van der Waals surface area (Å²) in [6.45, 7) is 10.5. The van der Waals surface area contributed by atoms with Gasteiger partial charge in [0.1, 0.15) is 5.82 Å². The molecule has 6 nitrogen and oxygen atoms in total. The van der Waals surface area contributed by atoms with E-state index in [-0.39, 0.29) is 17.5 Å². The first-order chi connectivity index (χ1) is 15.0. The number of rotatable bonds is 10. The molecule has 8 heteroatoms. The van der Waals surface area contributed by atoms with Crippen LogP contribution in [0, 0.1) is 5.82 Å². The molecule has 0 spiro atoms. The molecule has 0 aliphatic rings. The Morgan fingerprint density at radius 2 is 1.81 bits per heavy atom. The zero-order valence-electron chi connectivity index (χ0n) is 17.7. The predicted molar refractivity (Wildman–Crippen MR) is 125 cm³/mol. The van der Waals surface area contributed by atoms with Crippen LogP contribution in [0.25, 0.3) is 11.4 Å². The van der Waals surface area contributed by atoms with Gasteiger partial charge in [-0.05, 0) is 62.4 Å². The molecule has 31 heavy (non-hydrogen) atoms. The number of carbonyl (C=O) groups is 1. The highest BCUT2D eigenvalue weighted by Crippen LogP contribution is 2.26. The maximum absolute atomic E-state index is 13.0. The van der Waals surface area contributed by atoms with E-state index < -0.39 is 0 Å². The summed E-state index contributed by atoms with van der Waals surface area (Å²) in [5.41, 5.74) is 2.66. The molecule has 3 aromatic rings. The van der Waals surface area contributed by atoms with Crippen molar-refractivity contribution in [3.63, 3.8) is 0 Å². The van der Waals surface area contributed by atoms with Gasteiger partial charge in [0.05, 0.1) is 5.75 Å². The number of allylic oxidation sites excluding steroid dienone is 1. The molecular weight excluding hydrogens is 413 g/mol. The zero-order valence-corrected chi connectivity index (χ0v) is 18.5. The number of carbonyl (C=O) groups excluding carboxylic acids is 1. The first kappa shape index (κ1) is 22.6. The van der Waals surface area contributed by atoms with Gasteiger partial charge < -0.3 is 10.2 Å². The van der Waals surface area contributed by atoms with Crippen molar-refractivity contribution in [3.8, 4) is 11.4 Å². The number of amides is 1. The number of hydrogen-bond donors (Lipinski definition) is 1. The molecule has 0 fully saturated rings. The van der Waals surface area contributed by atoms with E-state index >= 15 is 0 Å². The molecular formula is C23H26FN5OS. The van der Waals surface area contributed by atoms with Crippen LogP contribution < -0.4 is 10.2 Å². The van der Waals surface area contributed by atoms with Gasteiger partial charge in [-0.3, -0.25) is 9.36 Å². The predicted octanol–water partition coefficient (Wildman–Crippen LogP) is 4.85. The van der Waals surface area contributed by atoms with Crippen molar-refractivity contribution < 1.29 is 9.18 Å². The Hall–Kier alpha value is -3.13. The van der Waals surface area contributed by atoms with Crippen molar-refractivity contribution in [1.29, 1.82) is 0 Å². The van der Waals surface area contributed by atoms with Crippen LogP contribution in [-0.2, 0) is 11.3 Å². The molecule has 0 atom stereocenters. The van der Waals surface area contributed by atoms with Gasteiger partial charge in [0.25, 0.3) is 0 Å². The van der Waals surface area contributed by atoms with Crippen LogP contribution in [-0.4, -0.2) is 39.5 Å². The Morgan fingerprint density at radius 1 is 1.13 bits per heavy atom. The minimum absolute atomic E-state index is 0.160. The molecule has 0 saturated carbocycles. The van der Waals surface area contributed by atoms with Gasteiger partial charge in [-0.1, -0.05) is 17.8 Å². The first-order valence-corrected chi connectivity index (χ1v) is 11.1. The number of thioether (sulfide) groups is 1. The number of aromatic nitrogens is 3. The van der Waals surface area contributed by atoms with Crippen molar-refractivity contribution in [3.05, 3.63) is 67.0 Å². The molecule has 162 valence electrons. The van der Waals surface area contributed by atoms with Crippen LogP contribution in [0.3, 0.4) is 0 Å². The summed E-state index contributed by atoms with van der Waals surface area (Å²) in [7, 11) is 0. The lowest BCUT2D eigenvalue weighted by Crippen LogP contribution is -2.21. The average molecular weight is 440 g/mol. The fraction of sp³-hybridized carbons (Fsp3) is 0.261. The fourth-order valence-electron chi connectivity index (χ4n) is 3.17. The van der Waals surface area contributed by atoms with E-state index in [0.717, 1.165) is 30.2 Å². The molecule has 1 heterocycles. The number of benzene rings is 2. The summed E-state index contributed by atoms with van der Waals surface area (Å²) in [5, 5.41) is 12.0. The Bertz CT molecular complexity index is 1010.